The molecule has 2 heterocycles. The number of anilines is 1. The van der Waals surface area contributed by atoms with E-state index in [4.69, 9.17) is 5.11 Å². The molecule has 0 amide bonds. The predicted octanol–water partition coefficient (Wildman–Crippen LogP) is 2.63. The van der Waals surface area contributed by atoms with Crippen LogP contribution in [0.3, 0.4) is 0 Å². The summed E-state index contributed by atoms with van der Waals surface area (Å²) in [6.45, 7) is 7.40. The Morgan fingerprint density at radius 1 is 1.38 bits per heavy atom. The SMILES string of the molecule is CCc1cc(C(=O)O)cc(NC(C)CN2CCCCC2)n1. The average Bonchev–Trinajstić information content (AvgIpc) is 2.47. The third kappa shape index (κ3) is 4.70. The van der Waals surface area contributed by atoms with E-state index in [1.54, 1.807) is 12.1 Å². The summed E-state index contributed by atoms with van der Waals surface area (Å²) in [6.07, 6.45) is 4.62. The molecule has 0 bridgehead atoms. The zero-order valence-electron chi connectivity index (χ0n) is 12.9. The number of piperidine rings is 1. The van der Waals surface area contributed by atoms with Crippen molar-refractivity contribution in [3.63, 3.8) is 0 Å². The molecule has 2 rings (SSSR count). The van der Waals surface area contributed by atoms with Gasteiger partial charge in [0.15, 0.2) is 0 Å². The Labute approximate surface area is 126 Å². The molecule has 5 heteroatoms. The predicted molar refractivity (Wildman–Crippen MR) is 84.0 cm³/mol. The van der Waals surface area contributed by atoms with Crippen molar-refractivity contribution in [2.45, 2.75) is 45.6 Å². The maximum Gasteiger partial charge on any atom is 0.335 e. The monoisotopic (exact) mass is 291 g/mol. The Hall–Kier alpha value is -1.62. The van der Waals surface area contributed by atoms with Gasteiger partial charge < -0.3 is 15.3 Å². The fourth-order valence-corrected chi connectivity index (χ4v) is 2.79. The number of carboxylic acids is 1. The second-order valence-electron chi connectivity index (χ2n) is 5.80. The number of nitrogens with one attached hydrogen (secondary N) is 1. The Bertz CT molecular complexity index is 484. The number of carboxylic acid groups (broad SMARTS) is 1. The smallest absolute Gasteiger partial charge is 0.335 e. The number of aromatic nitrogens is 1. The first-order valence-electron chi connectivity index (χ1n) is 7.81. The third-order valence-corrected chi connectivity index (χ3v) is 3.86. The molecule has 5 nitrogen and oxygen atoms in total. The van der Waals surface area contributed by atoms with Gasteiger partial charge in [0.25, 0.3) is 0 Å². The third-order valence-electron chi connectivity index (χ3n) is 3.86. The van der Waals surface area contributed by atoms with Crippen LogP contribution in [-0.2, 0) is 6.42 Å². The molecule has 21 heavy (non-hydrogen) atoms. The summed E-state index contributed by atoms with van der Waals surface area (Å²) in [6, 6.07) is 3.51. The van der Waals surface area contributed by atoms with E-state index in [1.807, 2.05) is 6.92 Å². The number of carbonyl (C=O) groups is 1. The van der Waals surface area contributed by atoms with Gasteiger partial charge in [-0.15, -0.1) is 0 Å². The van der Waals surface area contributed by atoms with Gasteiger partial charge >= 0.3 is 5.97 Å². The molecule has 1 aliphatic heterocycles. The van der Waals surface area contributed by atoms with Crippen LogP contribution in [0.4, 0.5) is 5.82 Å². The lowest BCUT2D eigenvalue weighted by Gasteiger charge is -2.29. The highest BCUT2D eigenvalue weighted by Crippen LogP contribution is 2.14. The molecular weight excluding hydrogens is 266 g/mol. The highest BCUT2D eigenvalue weighted by molar-refractivity contribution is 5.88. The summed E-state index contributed by atoms with van der Waals surface area (Å²) in [7, 11) is 0. The molecule has 0 spiro atoms. The molecule has 2 N–H and O–H groups in total. The number of hydrogen-bond acceptors (Lipinski definition) is 4. The maximum atomic E-state index is 11.2. The highest BCUT2D eigenvalue weighted by atomic mass is 16.4. The molecule has 1 aromatic heterocycles. The molecule has 1 aliphatic rings. The Morgan fingerprint density at radius 2 is 2.10 bits per heavy atom. The summed E-state index contributed by atoms with van der Waals surface area (Å²) in [5.74, 6) is -0.241. The van der Waals surface area contributed by atoms with Crippen LogP contribution in [0, 0.1) is 0 Å². The maximum absolute atomic E-state index is 11.2. The van der Waals surface area contributed by atoms with Gasteiger partial charge in [-0.1, -0.05) is 13.3 Å². The van der Waals surface area contributed by atoms with E-state index in [0.717, 1.165) is 31.7 Å². The molecular formula is C16H25N3O2. The van der Waals surface area contributed by atoms with Gasteiger partial charge in [0.2, 0.25) is 0 Å². The number of aromatic carboxylic acids is 1. The number of likely N-dealkylation sites (tertiary alicyclic amines) is 1. The molecule has 0 aromatic carbocycles. The summed E-state index contributed by atoms with van der Waals surface area (Å²) < 4.78 is 0. The minimum absolute atomic E-state index is 0.254. The van der Waals surface area contributed by atoms with Gasteiger partial charge in [-0.05, 0) is 51.4 Å². The van der Waals surface area contributed by atoms with Crippen molar-refractivity contribution in [3.05, 3.63) is 23.4 Å². The molecule has 1 fully saturated rings. The molecule has 0 aliphatic carbocycles. The van der Waals surface area contributed by atoms with Crippen LogP contribution >= 0.6 is 0 Å². The Kier molecular flexibility index (Phi) is 5.56. The van der Waals surface area contributed by atoms with Crippen molar-refractivity contribution in [1.29, 1.82) is 0 Å². The van der Waals surface area contributed by atoms with E-state index in [0.29, 0.717) is 11.4 Å². The van der Waals surface area contributed by atoms with Crippen LogP contribution in [0.25, 0.3) is 0 Å². The quantitative estimate of drug-likeness (QED) is 0.843. The van der Waals surface area contributed by atoms with E-state index < -0.39 is 5.97 Å². The largest absolute Gasteiger partial charge is 0.478 e. The summed E-state index contributed by atoms with van der Waals surface area (Å²) >= 11 is 0. The van der Waals surface area contributed by atoms with Gasteiger partial charge in [-0.2, -0.15) is 0 Å². The van der Waals surface area contributed by atoms with Crippen molar-refractivity contribution in [2.75, 3.05) is 25.0 Å². The highest BCUT2D eigenvalue weighted by Gasteiger charge is 2.14. The summed E-state index contributed by atoms with van der Waals surface area (Å²) in [5.41, 5.74) is 1.11. The van der Waals surface area contributed by atoms with Crippen LogP contribution in [0.5, 0.6) is 0 Å². The van der Waals surface area contributed by atoms with Crippen LogP contribution in [0.15, 0.2) is 12.1 Å². The van der Waals surface area contributed by atoms with Crippen molar-refractivity contribution in [3.8, 4) is 0 Å². The lowest BCUT2D eigenvalue weighted by atomic mass is 10.1. The lowest BCUT2D eigenvalue weighted by Crippen LogP contribution is -2.38. The number of aryl methyl sites for hydroxylation is 1. The van der Waals surface area contributed by atoms with Gasteiger partial charge in [-0.3, -0.25) is 0 Å². The normalized spacial score (nSPS) is 17.4. The molecule has 0 saturated carbocycles. The van der Waals surface area contributed by atoms with E-state index in [9.17, 15) is 4.79 Å². The second kappa shape index (κ2) is 7.41. The minimum Gasteiger partial charge on any atom is -0.478 e. The lowest BCUT2D eigenvalue weighted by molar-refractivity contribution is 0.0696. The van der Waals surface area contributed by atoms with Crippen LogP contribution in [0.2, 0.25) is 0 Å². The number of hydrogen-bond donors (Lipinski definition) is 2. The number of rotatable bonds is 6. The van der Waals surface area contributed by atoms with E-state index in [2.05, 4.69) is 22.1 Å². The fourth-order valence-electron chi connectivity index (χ4n) is 2.79. The first-order valence-corrected chi connectivity index (χ1v) is 7.81. The zero-order chi connectivity index (χ0) is 15.2. The molecule has 0 radical (unpaired) electrons. The van der Waals surface area contributed by atoms with Gasteiger partial charge in [0.05, 0.1) is 5.56 Å². The Balaban J connectivity index is 2.00. The van der Waals surface area contributed by atoms with Crippen molar-refractivity contribution in [2.24, 2.45) is 0 Å². The van der Waals surface area contributed by atoms with Crippen molar-refractivity contribution < 1.29 is 9.90 Å². The molecule has 1 unspecified atom stereocenters. The first-order chi connectivity index (χ1) is 10.1. The first kappa shape index (κ1) is 15.8. The van der Waals surface area contributed by atoms with Gasteiger partial charge in [0.1, 0.15) is 5.82 Å². The summed E-state index contributed by atoms with van der Waals surface area (Å²) in [5, 5.41) is 12.5. The van der Waals surface area contributed by atoms with Crippen LogP contribution < -0.4 is 5.32 Å². The van der Waals surface area contributed by atoms with Gasteiger partial charge in [-0.25, -0.2) is 9.78 Å². The van der Waals surface area contributed by atoms with Crippen LogP contribution in [0.1, 0.15) is 49.2 Å². The van der Waals surface area contributed by atoms with Gasteiger partial charge in [0, 0.05) is 18.3 Å². The van der Waals surface area contributed by atoms with Crippen LogP contribution in [-0.4, -0.2) is 46.6 Å². The molecule has 1 atom stereocenters. The van der Waals surface area contributed by atoms with E-state index in [-0.39, 0.29) is 6.04 Å². The minimum atomic E-state index is -0.904. The standard InChI is InChI=1S/C16H25N3O2/c1-3-14-9-13(16(20)21)10-15(18-14)17-12(2)11-19-7-5-4-6-8-19/h9-10,12H,3-8,11H2,1-2H3,(H,17,18)(H,20,21). The number of nitrogens with zero attached hydrogens (tertiary/aromatic N) is 2. The van der Waals surface area contributed by atoms with E-state index >= 15 is 0 Å². The molecule has 1 saturated heterocycles. The summed E-state index contributed by atoms with van der Waals surface area (Å²) in [4.78, 5) is 18.1. The topological polar surface area (TPSA) is 65.5 Å². The number of pyridine rings is 1. The van der Waals surface area contributed by atoms with Crippen molar-refractivity contribution >= 4 is 11.8 Å². The van der Waals surface area contributed by atoms with E-state index in [1.165, 1.54) is 19.3 Å². The average molecular weight is 291 g/mol. The zero-order valence-corrected chi connectivity index (χ0v) is 12.9. The molecule has 116 valence electrons. The fraction of sp³-hybridized carbons (Fsp3) is 0.625. The molecule has 1 aromatic rings. The van der Waals surface area contributed by atoms with Crippen molar-refractivity contribution in [1.82, 2.24) is 9.88 Å². The second-order valence-corrected chi connectivity index (χ2v) is 5.80. The Morgan fingerprint density at radius 3 is 2.71 bits per heavy atom.